The standard InChI is InChI=1S/C16H17NO5S/c1-21-14-7-10(9-23(2,19)20)3-6-12(14)15(18)13-8-17-22-16(13)11-4-5-11/h3,6-8,11H,4-5,9H2,1-2H3. The van der Waals surface area contributed by atoms with Gasteiger partial charge in [0.2, 0.25) is 5.78 Å². The highest BCUT2D eigenvalue weighted by Crippen LogP contribution is 2.42. The number of nitrogens with zero attached hydrogens (tertiary/aromatic N) is 1. The molecule has 0 radical (unpaired) electrons. The van der Waals surface area contributed by atoms with Gasteiger partial charge in [0.05, 0.1) is 30.2 Å². The van der Waals surface area contributed by atoms with Gasteiger partial charge in [-0.05, 0) is 30.5 Å². The summed E-state index contributed by atoms with van der Waals surface area (Å²) in [6.07, 6.45) is 4.59. The normalized spacial score (nSPS) is 14.7. The molecular formula is C16H17NO5S. The van der Waals surface area contributed by atoms with Gasteiger partial charge in [-0.2, -0.15) is 0 Å². The van der Waals surface area contributed by atoms with Crippen molar-refractivity contribution in [3.63, 3.8) is 0 Å². The number of carbonyl (C=O) groups is 1. The van der Waals surface area contributed by atoms with E-state index < -0.39 is 9.84 Å². The third kappa shape index (κ3) is 3.44. The zero-order chi connectivity index (χ0) is 16.6. The Hall–Kier alpha value is -2.15. The van der Waals surface area contributed by atoms with Gasteiger partial charge in [0.15, 0.2) is 15.6 Å². The number of ketones is 1. The van der Waals surface area contributed by atoms with Crippen molar-refractivity contribution in [3.05, 3.63) is 46.8 Å². The molecule has 6 nitrogen and oxygen atoms in total. The Labute approximate surface area is 134 Å². The van der Waals surface area contributed by atoms with Crippen molar-refractivity contribution in [3.8, 4) is 5.75 Å². The topological polar surface area (TPSA) is 86.5 Å². The minimum absolute atomic E-state index is 0.0988. The van der Waals surface area contributed by atoms with Crippen LogP contribution < -0.4 is 4.74 Å². The molecule has 1 heterocycles. The van der Waals surface area contributed by atoms with Gasteiger partial charge < -0.3 is 9.26 Å². The van der Waals surface area contributed by atoms with E-state index in [2.05, 4.69) is 5.16 Å². The van der Waals surface area contributed by atoms with E-state index in [-0.39, 0.29) is 17.5 Å². The average molecular weight is 335 g/mol. The number of carbonyl (C=O) groups excluding carboxylic acids is 1. The van der Waals surface area contributed by atoms with Gasteiger partial charge in [0, 0.05) is 12.2 Å². The lowest BCUT2D eigenvalue weighted by atomic mass is 10.0. The van der Waals surface area contributed by atoms with Gasteiger partial charge in [-0.25, -0.2) is 8.42 Å². The SMILES string of the molecule is COc1cc(CS(C)(=O)=O)ccc1C(=O)c1cnoc1C1CC1. The Morgan fingerprint density at radius 3 is 2.70 bits per heavy atom. The van der Waals surface area contributed by atoms with Crippen molar-refractivity contribution in [2.45, 2.75) is 24.5 Å². The zero-order valence-electron chi connectivity index (χ0n) is 12.9. The summed E-state index contributed by atoms with van der Waals surface area (Å²) in [6.45, 7) is 0. The summed E-state index contributed by atoms with van der Waals surface area (Å²) >= 11 is 0. The van der Waals surface area contributed by atoms with Crippen LogP contribution in [0.2, 0.25) is 0 Å². The van der Waals surface area contributed by atoms with E-state index in [9.17, 15) is 13.2 Å². The highest BCUT2D eigenvalue weighted by molar-refractivity contribution is 7.89. The highest BCUT2D eigenvalue weighted by Gasteiger charge is 2.33. The first-order valence-electron chi connectivity index (χ1n) is 7.23. The molecule has 1 aliphatic carbocycles. The molecule has 1 aromatic carbocycles. The van der Waals surface area contributed by atoms with Crippen molar-refractivity contribution in [2.24, 2.45) is 0 Å². The van der Waals surface area contributed by atoms with E-state index in [1.165, 1.54) is 13.3 Å². The van der Waals surface area contributed by atoms with Crippen LogP contribution in [0.3, 0.4) is 0 Å². The summed E-state index contributed by atoms with van der Waals surface area (Å²) in [5.41, 5.74) is 1.39. The van der Waals surface area contributed by atoms with Gasteiger partial charge in [0.25, 0.3) is 0 Å². The predicted molar refractivity (Wildman–Crippen MR) is 83.5 cm³/mol. The number of rotatable bonds is 6. The molecule has 0 N–H and O–H groups in total. The molecule has 1 saturated carbocycles. The minimum Gasteiger partial charge on any atom is -0.496 e. The molecule has 0 atom stereocenters. The minimum atomic E-state index is -3.15. The first-order valence-corrected chi connectivity index (χ1v) is 9.29. The van der Waals surface area contributed by atoms with Crippen LogP contribution in [0.1, 0.15) is 46.0 Å². The van der Waals surface area contributed by atoms with E-state index in [0.717, 1.165) is 19.1 Å². The van der Waals surface area contributed by atoms with Crippen LogP contribution in [0, 0.1) is 0 Å². The summed E-state index contributed by atoms with van der Waals surface area (Å²) in [5.74, 6) is 0.914. The van der Waals surface area contributed by atoms with E-state index in [4.69, 9.17) is 9.26 Å². The van der Waals surface area contributed by atoms with Gasteiger partial charge in [-0.1, -0.05) is 11.2 Å². The Balaban J connectivity index is 1.95. The second-order valence-electron chi connectivity index (χ2n) is 5.81. The molecule has 0 aliphatic heterocycles. The summed E-state index contributed by atoms with van der Waals surface area (Å²) in [5, 5.41) is 3.74. The highest BCUT2D eigenvalue weighted by atomic mass is 32.2. The van der Waals surface area contributed by atoms with E-state index in [1.807, 2.05) is 0 Å². The fourth-order valence-corrected chi connectivity index (χ4v) is 3.31. The van der Waals surface area contributed by atoms with E-state index in [0.29, 0.717) is 28.2 Å². The first kappa shape index (κ1) is 15.7. The van der Waals surface area contributed by atoms with E-state index >= 15 is 0 Å². The van der Waals surface area contributed by atoms with Crippen molar-refractivity contribution in [1.29, 1.82) is 0 Å². The lowest BCUT2D eigenvalue weighted by molar-refractivity contribution is 0.103. The van der Waals surface area contributed by atoms with Gasteiger partial charge in [-0.3, -0.25) is 4.79 Å². The molecule has 1 aromatic heterocycles. The maximum Gasteiger partial charge on any atom is 0.201 e. The smallest absolute Gasteiger partial charge is 0.201 e. The Bertz CT molecular complexity index is 849. The number of sulfone groups is 1. The third-order valence-corrected chi connectivity index (χ3v) is 4.59. The second-order valence-corrected chi connectivity index (χ2v) is 7.95. The van der Waals surface area contributed by atoms with Crippen molar-refractivity contribution < 1.29 is 22.5 Å². The number of hydrogen-bond acceptors (Lipinski definition) is 6. The van der Waals surface area contributed by atoms with E-state index in [1.54, 1.807) is 18.2 Å². The lowest BCUT2D eigenvalue weighted by Crippen LogP contribution is -2.07. The van der Waals surface area contributed by atoms with Gasteiger partial charge in [-0.15, -0.1) is 0 Å². The number of aromatic nitrogens is 1. The monoisotopic (exact) mass is 335 g/mol. The molecule has 1 aliphatic rings. The van der Waals surface area contributed by atoms with Crippen LogP contribution >= 0.6 is 0 Å². The van der Waals surface area contributed by atoms with Crippen LogP contribution in [0.15, 0.2) is 28.9 Å². The average Bonchev–Trinajstić information content (AvgIpc) is 3.22. The number of methoxy groups -OCH3 is 1. The maximum absolute atomic E-state index is 12.7. The van der Waals surface area contributed by atoms with Crippen molar-refractivity contribution in [1.82, 2.24) is 5.16 Å². The molecule has 0 unspecified atom stereocenters. The molecular weight excluding hydrogens is 318 g/mol. The Kier molecular flexibility index (Phi) is 3.97. The molecule has 0 spiro atoms. The van der Waals surface area contributed by atoms with Gasteiger partial charge >= 0.3 is 0 Å². The zero-order valence-corrected chi connectivity index (χ0v) is 13.7. The Morgan fingerprint density at radius 1 is 1.35 bits per heavy atom. The molecule has 7 heteroatoms. The Morgan fingerprint density at radius 2 is 2.09 bits per heavy atom. The second kappa shape index (κ2) is 5.81. The van der Waals surface area contributed by atoms with Crippen LogP contribution in [-0.2, 0) is 15.6 Å². The molecule has 122 valence electrons. The van der Waals surface area contributed by atoms with Crippen LogP contribution in [0.5, 0.6) is 5.75 Å². The number of ether oxygens (including phenoxy) is 1. The molecule has 1 fully saturated rings. The number of benzene rings is 1. The summed E-state index contributed by atoms with van der Waals surface area (Å²) in [7, 11) is -1.70. The quantitative estimate of drug-likeness (QED) is 0.753. The van der Waals surface area contributed by atoms with Crippen LogP contribution in [-0.4, -0.2) is 32.7 Å². The molecule has 0 amide bonds. The molecule has 0 saturated heterocycles. The molecule has 2 aromatic rings. The maximum atomic E-state index is 12.7. The summed E-state index contributed by atoms with van der Waals surface area (Å²) in [4.78, 5) is 12.7. The fourth-order valence-electron chi connectivity index (χ4n) is 2.52. The fraction of sp³-hybridized carbons (Fsp3) is 0.375. The third-order valence-electron chi connectivity index (χ3n) is 3.73. The van der Waals surface area contributed by atoms with Crippen LogP contribution in [0.25, 0.3) is 0 Å². The molecule has 3 rings (SSSR count). The van der Waals surface area contributed by atoms with Crippen LogP contribution in [0.4, 0.5) is 0 Å². The van der Waals surface area contributed by atoms with Crippen molar-refractivity contribution >= 4 is 15.6 Å². The summed E-state index contributed by atoms with van der Waals surface area (Å²) in [6, 6.07) is 4.80. The molecule has 0 bridgehead atoms. The van der Waals surface area contributed by atoms with Gasteiger partial charge in [0.1, 0.15) is 5.75 Å². The number of hydrogen-bond donors (Lipinski definition) is 0. The summed E-state index contributed by atoms with van der Waals surface area (Å²) < 4.78 is 33.3. The first-order chi connectivity index (χ1) is 10.9. The largest absolute Gasteiger partial charge is 0.496 e. The predicted octanol–water partition coefficient (Wildman–Crippen LogP) is 2.34. The molecule has 23 heavy (non-hydrogen) atoms. The lowest BCUT2D eigenvalue weighted by Gasteiger charge is -2.09. The van der Waals surface area contributed by atoms with Crippen molar-refractivity contribution in [2.75, 3.05) is 13.4 Å².